The number of hydrogen-bond acceptors (Lipinski definition) is 3. The van der Waals surface area contributed by atoms with Crippen molar-refractivity contribution in [3.8, 4) is 0 Å². The molecule has 1 aromatic heterocycles. The number of nitrogens with zero attached hydrogens (tertiary/aromatic N) is 1. The standard InChI is InChI=1S/C11H12ClNO2/c1-2-15-11(14)8-6-13-9-5-3-4-7(9)10(8)12/h6H,2-5H2,1H3. The Morgan fingerprint density at radius 3 is 3.13 bits per heavy atom. The summed E-state index contributed by atoms with van der Waals surface area (Å²) in [7, 11) is 0. The Balaban J connectivity index is 2.38. The maximum absolute atomic E-state index is 11.5. The number of ether oxygens (including phenoxy) is 1. The summed E-state index contributed by atoms with van der Waals surface area (Å²) >= 11 is 6.14. The predicted molar refractivity (Wildman–Crippen MR) is 57.2 cm³/mol. The lowest BCUT2D eigenvalue weighted by atomic mass is 10.1. The minimum Gasteiger partial charge on any atom is -0.462 e. The van der Waals surface area contributed by atoms with Gasteiger partial charge in [0.15, 0.2) is 0 Å². The third kappa shape index (κ3) is 1.84. The van der Waals surface area contributed by atoms with Crippen LogP contribution in [0.4, 0.5) is 0 Å². The van der Waals surface area contributed by atoms with Crippen molar-refractivity contribution in [2.24, 2.45) is 0 Å². The van der Waals surface area contributed by atoms with Crippen LogP contribution in [-0.2, 0) is 17.6 Å². The minimum atomic E-state index is -0.385. The van der Waals surface area contributed by atoms with Gasteiger partial charge in [-0.3, -0.25) is 4.98 Å². The van der Waals surface area contributed by atoms with Crippen LogP contribution in [0.3, 0.4) is 0 Å². The first-order valence-corrected chi connectivity index (χ1v) is 5.45. The summed E-state index contributed by atoms with van der Waals surface area (Å²) in [6.07, 6.45) is 4.45. The van der Waals surface area contributed by atoms with Gasteiger partial charge in [0.2, 0.25) is 0 Å². The van der Waals surface area contributed by atoms with E-state index in [4.69, 9.17) is 16.3 Å². The number of hydrogen-bond donors (Lipinski definition) is 0. The second-order valence-corrected chi connectivity index (χ2v) is 3.86. The molecule has 0 aromatic carbocycles. The van der Waals surface area contributed by atoms with E-state index in [0.717, 1.165) is 30.5 Å². The Hall–Kier alpha value is -1.09. The van der Waals surface area contributed by atoms with Gasteiger partial charge >= 0.3 is 5.97 Å². The Kier molecular flexibility index (Phi) is 2.91. The fourth-order valence-electron chi connectivity index (χ4n) is 1.82. The topological polar surface area (TPSA) is 39.2 Å². The molecule has 0 unspecified atom stereocenters. The predicted octanol–water partition coefficient (Wildman–Crippen LogP) is 2.40. The van der Waals surface area contributed by atoms with Crippen molar-refractivity contribution >= 4 is 17.6 Å². The van der Waals surface area contributed by atoms with Gasteiger partial charge < -0.3 is 4.74 Å². The summed E-state index contributed by atoms with van der Waals surface area (Å²) < 4.78 is 4.91. The molecule has 1 aliphatic carbocycles. The van der Waals surface area contributed by atoms with Gasteiger partial charge in [0.25, 0.3) is 0 Å². The summed E-state index contributed by atoms with van der Waals surface area (Å²) in [5.41, 5.74) is 2.43. The zero-order valence-corrected chi connectivity index (χ0v) is 9.30. The second-order valence-electron chi connectivity index (χ2n) is 3.49. The number of rotatable bonds is 2. The maximum atomic E-state index is 11.5. The smallest absolute Gasteiger partial charge is 0.341 e. The Labute approximate surface area is 93.4 Å². The van der Waals surface area contributed by atoms with E-state index in [1.165, 1.54) is 6.20 Å². The highest BCUT2D eigenvalue weighted by molar-refractivity contribution is 6.34. The monoisotopic (exact) mass is 225 g/mol. The molecule has 1 aromatic rings. The highest BCUT2D eigenvalue weighted by Crippen LogP contribution is 2.30. The van der Waals surface area contributed by atoms with E-state index in [2.05, 4.69) is 4.98 Å². The van der Waals surface area contributed by atoms with Crippen molar-refractivity contribution in [1.29, 1.82) is 0 Å². The van der Waals surface area contributed by atoms with Gasteiger partial charge in [0.1, 0.15) is 0 Å². The number of carbonyl (C=O) groups excluding carboxylic acids is 1. The van der Waals surface area contributed by atoms with Crippen LogP contribution in [0.2, 0.25) is 5.02 Å². The van der Waals surface area contributed by atoms with Gasteiger partial charge in [-0.1, -0.05) is 11.6 Å². The van der Waals surface area contributed by atoms with Gasteiger partial charge in [0, 0.05) is 11.9 Å². The normalized spacial score (nSPS) is 13.7. The molecule has 0 bridgehead atoms. The van der Waals surface area contributed by atoms with Crippen molar-refractivity contribution < 1.29 is 9.53 Å². The highest BCUT2D eigenvalue weighted by atomic mass is 35.5. The van der Waals surface area contributed by atoms with Crippen LogP contribution in [0, 0.1) is 0 Å². The average Bonchev–Trinajstić information content (AvgIpc) is 2.67. The van der Waals surface area contributed by atoms with Crippen molar-refractivity contribution in [1.82, 2.24) is 4.98 Å². The summed E-state index contributed by atoms with van der Waals surface area (Å²) in [6, 6.07) is 0. The zero-order valence-electron chi connectivity index (χ0n) is 8.55. The lowest BCUT2D eigenvalue weighted by Gasteiger charge is -2.07. The molecular formula is C11H12ClNO2. The number of fused-ring (bicyclic) bond motifs is 1. The van der Waals surface area contributed by atoms with Crippen LogP contribution in [-0.4, -0.2) is 17.6 Å². The lowest BCUT2D eigenvalue weighted by molar-refractivity contribution is 0.0526. The van der Waals surface area contributed by atoms with Crippen LogP contribution < -0.4 is 0 Å². The molecule has 0 radical (unpaired) electrons. The maximum Gasteiger partial charge on any atom is 0.341 e. The SMILES string of the molecule is CCOC(=O)c1cnc2c(c1Cl)CCC2. The molecule has 2 rings (SSSR count). The van der Waals surface area contributed by atoms with Crippen LogP contribution in [0.1, 0.15) is 35.0 Å². The van der Waals surface area contributed by atoms with Gasteiger partial charge in [0.05, 0.1) is 17.2 Å². The number of pyridine rings is 1. The zero-order chi connectivity index (χ0) is 10.8. The van der Waals surface area contributed by atoms with Crippen LogP contribution in [0.15, 0.2) is 6.20 Å². The first-order valence-electron chi connectivity index (χ1n) is 5.07. The minimum absolute atomic E-state index is 0.353. The summed E-state index contributed by atoms with van der Waals surface area (Å²) in [4.78, 5) is 15.8. The largest absolute Gasteiger partial charge is 0.462 e. The Morgan fingerprint density at radius 1 is 1.60 bits per heavy atom. The Morgan fingerprint density at radius 2 is 2.40 bits per heavy atom. The first-order chi connectivity index (χ1) is 7.24. The molecular weight excluding hydrogens is 214 g/mol. The van der Waals surface area contributed by atoms with Crippen molar-refractivity contribution in [2.75, 3.05) is 6.61 Å². The average molecular weight is 226 g/mol. The summed E-state index contributed by atoms with van der Waals surface area (Å²) in [6.45, 7) is 2.12. The molecule has 0 saturated carbocycles. The van der Waals surface area contributed by atoms with Gasteiger partial charge in [-0.15, -0.1) is 0 Å². The lowest BCUT2D eigenvalue weighted by Crippen LogP contribution is -2.07. The fourth-order valence-corrected chi connectivity index (χ4v) is 2.15. The molecule has 0 fully saturated rings. The quantitative estimate of drug-likeness (QED) is 0.726. The Bertz CT molecular complexity index is 404. The van der Waals surface area contributed by atoms with E-state index >= 15 is 0 Å². The number of carbonyl (C=O) groups is 1. The number of aryl methyl sites for hydroxylation is 1. The highest BCUT2D eigenvalue weighted by Gasteiger charge is 2.21. The van der Waals surface area contributed by atoms with Crippen LogP contribution in [0.5, 0.6) is 0 Å². The molecule has 1 aliphatic rings. The van der Waals surface area contributed by atoms with Crippen LogP contribution in [0.25, 0.3) is 0 Å². The van der Waals surface area contributed by atoms with Gasteiger partial charge in [-0.05, 0) is 31.7 Å². The summed E-state index contributed by atoms with van der Waals surface area (Å²) in [5.74, 6) is -0.385. The van der Waals surface area contributed by atoms with Crippen molar-refractivity contribution in [3.63, 3.8) is 0 Å². The van der Waals surface area contributed by atoms with E-state index in [1.807, 2.05) is 0 Å². The van der Waals surface area contributed by atoms with E-state index in [-0.39, 0.29) is 5.97 Å². The molecule has 3 nitrogen and oxygen atoms in total. The number of aromatic nitrogens is 1. The fraction of sp³-hybridized carbons (Fsp3) is 0.455. The van der Waals surface area contributed by atoms with Gasteiger partial charge in [-0.2, -0.15) is 0 Å². The van der Waals surface area contributed by atoms with Crippen molar-refractivity contribution in [3.05, 3.63) is 28.0 Å². The molecule has 0 saturated heterocycles. The molecule has 80 valence electrons. The molecule has 15 heavy (non-hydrogen) atoms. The molecule has 4 heteroatoms. The molecule has 0 atom stereocenters. The second kappa shape index (κ2) is 4.19. The van der Waals surface area contributed by atoms with E-state index in [1.54, 1.807) is 6.92 Å². The first kappa shape index (κ1) is 10.4. The number of esters is 1. The molecule has 0 spiro atoms. The third-order valence-electron chi connectivity index (χ3n) is 2.53. The molecule has 1 heterocycles. The number of halogens is 1. The van der Waals surface area contributed by atoms with E-state index < -0.39 is 0 Å². The van der Waals surface area contributed by atoms with E-state index in [9.17, 15) is 4.79 Å². The molecule has 0 aliphatic heterocycles. The van der Waals surface area contributed by atoms with Crippen LogP contribution >= 0.6 is 11.6 Å². The molecule has 0 amide bonds. The van der Waals surface area contributed by atoms with Gasteiger partial charge in [-0.25, -0.2) is 4.79 Å². The molecule has 0 N–H and O–H groups in total. The van der Waals surface area contributed by atoms with E-state index in [0.29, 0.717) is 17.2 Å². The third-order valence-corrected chi connectivity index (χ3v) is 2.97. The van der Waals surface area contributed by atoms with Crippen molar-refractivity contribution in [2.45, 2.75) is 26.2 Å². The summed E-state index contributed by atoms with van der Waals surface area (Å²) in [5, 5.41) is 0.524.